The van der Waals surface area contributed by atoms with Crippen LogP contribution in [0.2, 0.25) is 0 Å². The van der Waals surface area contributed by atoms with E-state index in [-0.39, 0.29) is 5.69 Å². The molecule has 0 radical (unpaired) electrons. The molecule has 0 aliphatic rings. The fraction of sp³-hybridized carbons (Fsp3) is 0. The molecule has 0 aliphatic heterocycles. The van der Waals surface area contributed by atoms with E-state index in [1.54, 1.807) is 12.1 Å². The molecule has 64 valence electrons. The SMILES string of the molecule is Nc1cc2ccccc2nnc1=O. The van der Waals surface area contributed by atoms with Gasteiger partial charge in [0, 0.05) is 5.39 Å². The Morgan fingerprint density at radius 3 is 2.77 bits per heavy atom. The van der Waals surface area contributed by atoms with Crippen molar-refractivity contribution in [1.82, 2.24) is 10.2 Å². The number of nitrogens with zero attached hydrogens (tertiary/aromatic N) is 2. The van der Waals surface area contributed by atoms with Gasteiger partial charge in [0.05, 0.1) is 5.52 Å². The molecule has 0 bridgehead atoms. The zero-order valence-corrected chi connectivity index (χ0v) is 6.77. The summed E-state index contributed by atoms with van der Waals surface area (Å²) in [5, 5.41) is 8.01. The highest BCUT2D eigenvalue weighted by Gasteiger charge is 1.95. The summed E-state index contributed by atoms with van der Waals surface area (Å²) < 4.78 is 0. The molecule has 1 aromatic carbocycles. The Balaban J connectivity index is 2.97. The van der Waals surface area contributed by atoms with Gasteiger partial charge in [0.2, 0.25) is 0 Å². The van der Waals surface area contributed by atoms with E-state index in [0.29, 0.717) is 5.52 Å². The van der Waals surface area contributed by atoms with E-state index in [1.165, 1.54) is 0 Å². The van der Waals surface area contributed by atoms with Gasteiger partial charge in [0.15, 0.2) is 0 Å². The first-order chi connectivity index (χ1) is 6.27. The summed E-state index contributed by atoms with van der Waals surface area (Å²) in [5.41, 5.74) is 5.74. The monoisotopic (exact) mass is 173 g/mol. The number of nitrogen functional groups attached to an aromatic ring is 1. The van der Waals surface area contributed by atoms with E-state index >= 15 is 0 Å². The standard InChI is InChI=1S/C9H7N3O/c10-7-5-6-3-1-2-4-8(6)11-12-9(7)13/h1-5H,(H2,10,12,13). The fourth-order valence-electron chi connectivity index (χ4n) is 1.09. The smallest absolute Gasteiger partial charge is 0.311 e. The van der Waals surface area contributed by atoms with E-state index in [0.717, 1.165) is 5.39 Å². The molecule has 0 aliphatic carbocycles. The summed E-state index contributed by atoms with van der Waals surface area (Å²) in [6, 6.07) is 8.88. The third kappa shape index (κ3) is 1.33. The largest absolute Gasteiger partial charge is 0.394 e. The van der Waals surface area contributed by atoms with Crippen molar-refractivity contribution >= 4 is 16.6 Å². The van der Waals surface area contributed by atoms with Crippen LogP contribution in [0.3, 0.4) is 0 Å². The highest BCUT2D eigenvalue weighted by molar-refractivity contribution is 5.79. The summed E-state index contributed by atoms with van der Waals surface area (Å²) in [6.07, 6.45) is 0. The van der Waals surface area contributed by atoms with Gasteiger partial charge in [0.1, 0.15) is 5.69 Å². The number of anilines is 1. The minimum absolute atomic E-state index is 0.119. The number of aromatic nitrogens is 2. The molecule has 13 heavy (non-hydrogen) atoms. The van der Waals surface area contributed by atoms with E-state index in [4.69, 9.17) is 5.73 Å². The van der Waals surface area contributed by atoms with Crippen molar-refractivity contribution in [3.05, 3.63) is 40.7 Å². The van der Waals surface area contributed by atoms with Crippen LogP contribution in [0.1, 0.15) is 0 Å². The summed E-state index contributed by atoms with van der Waals surface area (Å²) in [4.78, 5) is 11.0. The Morgan fingerprint density at radius 2 is 1.92 bits per heavy atom. The van der Waals surface area contributed by atoms with Crippen molar-refractivity contribution < 1.29 is 0 Å². The maximum Gasteiger partial charge on any atom is 0.311 e. The van der Waals surface area contributed by atoms with Crippen LogP contribution in [-0.4, -0.2) is 10.2 Å². The number of benzene rings is 1. The first-order valence-corrected chi connectivity index (χ1v) is 3.79. The van der Waals surface area contributed by atoms with Crippen molar-refractivity contribution in [2.75, 3.05) is 5.73 Å². The van der Waals surface area contributed by atoms with Gasteiger partial charge in [-0.1, -0.05) is 18.2 Å². The average Bonchev–Trinajstić information content (AvgIpc) is 2.28. The van der Waals surface area contributed by atoms with Gasteiger partial charge in [-0.15, -0.1) is 10.2 Å². The van der Waals surface area contributed by atoms with Gasteiger partial charge in [0.25, 0.3) is 0 Å². The van der Waals surface area contributed by atoms with Crippen molar-refractivity contribution in [1.29, 1.82) is 0 Å². The molecule has 0 fully saturated rings. The van der Waals surface area contributed by atoms with Crippen LogP contribution in [0.4, 0.5) is 5.69 Å². The number of hydrogen-bond acceptors (Lipinski definition) is 4. The minimum Gasteiger partial charge on any atom is -0.394 e. The zero-order chi connectivity index (χ0) is 9.26. The first kappa shape index (κ1) is 7.67. The molecular formula is C9H7N3O. The molecule has 0 unspecified atom stereocenters. The van der Waals surface area contributed by atoms with Gasteiger partial charge in [-0.25, -0.2) is 0 Å². The van der Waals surface area contributed by atoms with Gasteiger partial charge in [-0.3, -0.25) is 4.79 Å². The maximum absolute atomic E-state index is 11.0. The lowest BCUT2D eigenvalue weighted by Gasteiger charge is -1.86. The predicted octanol–water partition coefficient (Wildman–Crippen LogP) is 0.572. The van der Waals surface area contributed by atoms with Crippen LogP contribution < -0.4 is 11.3 Å². The lowest BCUT2D eigenvalue weighted by molar-refractivity contribution is 1.05. The molecule has 0 saturated carbocycles. The minimum atomic E-state index is -0.490. The van der Waals surface area contributed by atoms with Gasteiger partial charge >= 0.3 is 5.56 Å². The van der Waals surface area contributed by atoms with Crippen LogP contribution in [0.5, 0.6) is 0 Å². The molecule has 0 spiro atoms. The summed E-state index contributed by atoms with van der Waals surface area (Å²) in [6.45, 7) is 0. The van der Waals surface area contributed by atoms with Crippen LogP contribution in [0.15, 0.2) is 35.1 Å². The Hall–Kier alpha value is -1.97. The molecular weight excluding hydrogens is 166 g/mol. The molecule has 2 rings (SSSR count). The molecule has 4 heteroatoms. The molecule has 0 atom stereocenters. The van der Waals surface area contributed by atoms with E-state index in [1.807, 2.05) is 18.2 Å². The Morgan fingerprint density at radius 1 is 1.15 bits per heavy atom. The Labute approximate surface area is 74.0 Å². The van der Waals surface area contributed by atoms with Crippen LogP contribution in [0.25, 0.3) is 10.9 Å². The van der Waals surface area contributed by atoms with Gasteiger partial charge < -0.3 is 5.73 Å². The number of hydrogen-bond donors (Lipinski definition) is 1. The molecule has 4 nitrogen and oxygen atoms in total. The van der Waals surface area contributed by atoms with Crippen molar-refractivity contribution in [2.45, 2.75) is 0 Å². The lowest BCUT2D eigenvalue weighted by Crippen LogP contribution is -2.08. The third-order valence-corrected chi connectivity index (χ3v) is 1.74. The zero-order valence-electron chi connectivity index (χ0n) is 6.77. The van der Waals surface area contributed by atoms with Crippen LogP contribution in [-0.2, 0) is 0 Å². The molecule has 1 aromatic heterocycles. The second-order valence-corrected chi connectivity index (χ2v) is 2.66. The fourth-order valence-corrected chi connectivity index (χ4v) is 1.09. The number of nitrogens with two attached hydrogens (primary N) is 1. The second-order valence-electron chi connectivity index (χ2n) is 2.66. The van der Waals surface area contributed by atoms with Crippen LogP contribution in [0, 0.1) is 0 Å². The van der Waals surface area contributed by atoms with Gasteiger partial charge in [-0.05, 0) is 12.1 Å². The van der Waals surface area contributed by atoms with E-state index in [2.05, 4.69) is 10.2 Å². The quantitative estimate of drug-likeness (QED) is 0.632. The maximum atomic E-state index is 11.0. The average molecular weight is 173 g/mol. The highest BCUT2D eigenvalue weighted by Crippen LogP contribution is 2.08. The number of fused-ring (bicyclic) bond motifs is 1. The predicted molar refractivity (Wildman–Crippen MR) is 50.2 cm³/mol. The molecule has 0 saturated heterocycles. The van der Waals surface area contributed by atoms with Crippen LogP contribution >= 0.6 is 0 Å². The van der Waals surface area contributed by atoms with E-state index < -0.39 is 5.56 Å². The molecule has 2 aromatic rings. The molecule has 2 N–H and O–H groups in total. The van der Waals surface area contributed by atoms with Crippen molar-refractivity contribution in [3.8, 4) is 0 Å². The van der Waals surface area contributed by atoms with Crippen molar-refractivity contribution in [2.24, 2.45) is 0 Å². The third-order valence-electron chi connectivity index (χ3n) is 1.74. The van der Waals surface area contributed by atoms with Crippen molar-refractivity contribution in [3.63, 3.8) is 0 Å². The summed E-state index contributed by atoms with van der Waals surface area (Å²) in [7, 11) is 0. The van der Waals surface area contributed by atoms with Gasteiger partial charge in [-0.2, -0.15) is 0 Å². The van der Waals surface area contributed by atoms with E-state index in [9.17, 15) is 4.79 Å². The summed E-state index contributed by atoms with van der Waals surface area (Å²) in [5.74, 6) is 0. The normalized spacial score (nSPS) is 10.2. The topological polar surface area (TPSA) is 68.9 Å². The number of rotatable bonds is 0. The highest BCUT2D eigenvalue weighted by atomic mass is 16.1. The molecule has 1 heterocycles. The Bertz CT molecular complexity index is 510. The first-order valence-electron chi connectivity index (χ1n) is 3.79. The lowest BCUT2D eigenvalue weighted by atomic mass is 10.2. The molecule has 0 amide bonds. The summed E-state index contributed by atoms with van der Waals surface area (Å²) >= 11 is 0. The Kier molecular flexibility index (Phi) is 1.66. The second kappa shape index (κ2) is 2.82.